The van der Waals surface area contributed by atoms with E-state index in [1.54, 1.807) is 0 Å². The van der Waals surface area contributed by atoms with Crippen LogP contribution in [0.4, 0.5) is 0 Å². The molecule has 0 aliphatic heterocycles. The van der Waals surface area contributed by atoms with Crippen LogP contribution in [0.2, 0.25) is 0 Å². The van der Waals surface area contributed by atoms with E-state index in [0.29, 0.717) is 6.01 Å². The van der Waals surface area contributed by atoms with Gasteiger partial charge >= 0.3 is 6.01 Å². The number of rotatable bonds is 4. The van der Waals surface area contributed by atoms with Crippen LogP contribution < -0.4 is 0 Å². The van der Waals surface area contributed by atoms with Crippen LogP contribution in [-0.4, -0.2) is 14.1 Å². The van der Waals surface area contributed by atoms with Crippen molar-refractivity contribution in [1.29, 1.82) is 0 Å². The number of aromatic nitrogens is 3. The Morgan fingerprint density at radius 3 is 1.74 bits per heavy atom. The molecule has 0 saturated heterocycles. The summed E-state index contributed by atoms with van der Waals surface area (Å²) in [6.45, 7) is 0. The predicted molar refractivity (Wildman–Crippen MR) is 176 cm³/mol. The highest BCUT2D eigenvalue weighted by Crippen LogP contribution is 2.43. The zero-order chi connectivity index (χ0) is 28.3. The van der Waals surface area contributed by atoms with Gasteiger partial charge in [-0.2, -0.15) is 4.98 Å². The van der Waals surface area contributed by atoms with Gasteiger partial charge in [-0.25, -0.2) is 0 Å². The molecule has 0 aliphatic rings. The number of para-hydroxylation sites is 3. The molecule has 0 atom stereocenters. The molecule has 4 heteroatoms. The van der Waals surface area contributed by atoms with E-state index in [0.717, 1.165) is 44.7 Å². The third-order valence-corrected chi connectivity index (χ3v) is 8.37. The van der Waals surface area contributed by atoms with Crippen LogP contribution in [0.25, 0.3) is 77.9 Å². The van der Waals surface area contributed by atoms with Crippen LogP contribution in [-0.2, 0) is 0 Å². The molecule has 202 valence electrons. The van der Waals surface area contributed by atoms with Gasteiger partial charge < -0.3 is 8.98 Å². The van der Waals surface area contributed by atoms with E-state index in [1.165, 1.54) is 27.2 Å². The molecule has 0 amide bonds. The van der Waals surface area contributed by atoms with Crippen molar-refractivity contribution in [2.24, 2.45) is 0 Å². The van der Waals surface area contributed by atoms with Crippen molar-refractivity contribution >= 4 is 43.6 Å². The second-order valence-electron chi connectivity index (χ2n) is 10.8. The van der Waals surface area contributed by atoms with E-state index in [2.05, 4.69) is 124 Å². The van der Waals surface area contributed by atoms with E-state index in [9.17, 15) is 0 Å². The second kappa shape index (κ2) is 9.33. The van der Waals surface area contributed by atoms with Crippen molar-refractivity contribution in [1.82, 2.24) is 14.1 Å². The molecule has 0 bridgehead atoms. The minimum absolute atomic E-state index is 0.547. The maximum absolute atomic E-state index is 6.75. The Balaban J connectivity index is 1.42. The topological polar surface area (TPSA) is 35.9 Å². The van der Waals surface area contributed by atoms with Gasteiger partial charge in [0, 0.05) is 38.4 Å². The molecule has 3 aromatic heterocycles. The van der Waals surface area contributed by atoms with Crippen LogP contribution in [0.1, 0.15) is 0 Å². The van der Waals surface area contributed by atoms with Crippen LogP contribution >= 0.6 is 0 Å². The monoisotopic (exact) mass is 551 g/mol. The molecule has 0 radical (unpaired) electrons. The summed E-state index contributed by atoms with van der Waals surface area (Å²) in [4.78, 5) is 5.19. The highest BCUT2D eigenvalue weighted by molar-refractivity contribution is 6.26. The Morgan fingerprint density at radius 1 is 0.442 bits per heavy atom. The highest BCUT2D eigenvalue weighted by Gasteiger charge is 2.24. The number of oxazole rings is 1. The first kappa shape index (κ1) is 23.8. The first-order chi connectivity index (χ1) is 21.4. The van der Waals surface area contributed by atoms with E-state index in [4.69, 9.17) is 9.40 Å². The number of fused-ring (bicyclic) bond motifs is 7. The van der Waals surface area contributed by atoms with Gasteiger partial charge in [0.1, 0.15) is 5.69 Å². The van der Waals surface area contributed by atoms with Crippen molar-refractivity contribution in [3.05, 3.63) is 152 Å². The fourth-order valence-electron chi connectivity index (χ4n) is 6.54. The van der Waals surface area contributed by atoms with E-state index < -0.39 is 0 Å². The summed E-state index contributed by atoms with van der Waals surface area (Å²) in [5.41, 5.74) is 8.43. The number of nitrogens with zero attached hydrogens (tertiary/aromatic N) is 3. The Labute approximate surface area is 247 Å². The molecular formula is C39H25N3O. The van der Waals surface area contributed by atoms with Gasteiger partial charge in [0.2, 0.25) is 0 Å². The summed E-state index contributed by atoms with van der Waals surface area (Å²) in [5.74, 6) is 0.757. The van der Waals surface area contributed by atoms with Crippen molar-refractivity contribution in [2.75, 3.05) is 0 Å². The first-order valence-corrected chi connectivity index (χ1v) is 14.5. The van der Waals surface area contributed by atoms with E-state index in [1.807, 2.05) is 36.4 Å². The quantitative estimate of drug-likeness (QED) is 0.218. The second-order valence-corrected chi connectivity index (χ2v) is 10.8. The molecule has 0 N–H and O–H groups in total. The summed E-state index contributed by atoms with van der Waals surface area (Å²) in [6, 6.07) is 53.4. The van der Waals surface area contributed by atoms with Crippen LogP contribution in [0, 0.1) is 0 Å². The lowest BCUT2D eigenvalue weighted by molar-refractivity contribution is 0.548. The fourth-order valence-corrected chi connectivity index (χ4v) is 6.54. The molecule has 43 heavy (non-hydrogen) atoms. The smallest absolute Gasteiger partial charge is 0.307 e. The Hall–Kier alpha value is -5.87. The lowest BCUT2D eigenvalue weighted by atomic mass is 10.1. The predicted octanol–water partition coefficient (Wildman–Crippen LogP) is 10.2. The van der Waals surface area contributed by atoms with Crippen molar-refractivity contribution in [3.63, 3.8) is 0 Å². The summed E-state index contributed by atoms with van der Waals surface area (Å²) in [5, 5.41) is 4.78. The van der Waals surface area contributed by atoms with Gasteiger partial charge in [0.05, 0.1) is 22.1 Å². The Bertz CT molecular complexity index is 2380. The zero-order valence-electron chi connectivity index (χ0n) is 23.2. The molecule has 0 saturated carbocycles. The van der Waals surface area contributed by atoms with Crippen molar-refractivity contribution < 1.29 is 4.42 Å². The molecule has 3 heterocycles. The zero-order valence-corrected chi connectivity index (χ0v) is 23.2. The molecule has 0 fully saturated rings. The molecule has 4 nitrogen and oxygen atoms in total. The van der Waals surface area contributed by atoms with Gasteiger partial charge in [-0.1, -0.05) is 121 Å². The van der Waals surface area contributed by atoms with Crippen LogP contribution in [0.5, 0.6) is 0 Å². The summed E-state index contributed by atoms with van der Waals surface area (Å²) in [6.07, 6.45) is 0. The molecule has 6 aromatic carbocycles. The van der Waals surface area contributed by atoms with E-state index >= 15 is 0 Å². The molecule has 0 spiro atoms. The number of benzene rings is 6. The van der Waals surface area contributed by atoms with Gasteiger partial charge in [-0.15, -0.1) is 0 Å². The van der Waals surface area contributed by atoms with Gasteiger partial charge in [0.15, 0.2) is 5.76 Å². The number of hydrogen-bond donors (Lipinski definition) is 0. The maximum Gasteiger partial charge on any atom is 0.307 e. The summed E-state index contributed by atoms with van der Waals surface area (Å²) < 4.78 is 11.3. The minimum Gasteiger partial charge on any atom is -0.422 e. The molecule has 0 aliphatic carbocycles. The van der Waals surface area contributed by atoms with Crippen LogP contribution in [0.3, 0.4) is 0 Å². The molecule has 0 unspecified atom stereocenters. The van der Waals surface area contributed by atoms with Gasteiger partial charge in [0.25, 0.3) is 0 Å². The molecular weight excluding hydrogens is 526 g/mol. The molecule has 9 aromatic rings. The summed E-state index contributed by atoms with van der Waals surface area (Å²) >= 11 is 0. The average Bonchev–Trinajstić information content (AvgIpc) is 3.76. The standard InChI is InChI=1S/C39H25N3O/c1-4-14-26(15-5-1)36-38(27-16-6-2-7-17-27)43-39(40-36)42-33-23-13-11-21-31(33)35-34(42)25-24-30-29-20-10-12-22-32(29)41(37(30)35)28-18-8-3-9-19-28/h1-25H. The summed E-state index contributed by atoms with van der Waals surface area (Å²) in [7, 11) is 0. The first-order valence-electron chi connectivity index (χ1n) is 14.5. The third kappa shape index (κ3) is 3.53. The largest absolute Gasteiger partial charge is 0.422 e. The maximum atomic E-state index is 6.75. The Kier molecular flexibility index (Phi) is 5.16. The highest BCUT2D eigenvalue weighted by atomic mass is 16.4. The fraction of sp³-hybridized carbons (Fsp3) is 0. The Morgan fingerprint density at radius 2 is 1.02 bits per heavy atom. The van der Waals surface area contributed by atoms with Crippen molar-refractivity contribution in [2.45, 2.75) is 0 Å². The molecule has 9 rings (SSSR count). The van der Waals surface area contributed by atoms with E-state index in [-0.39, 0.29) is 0 Å². The van der Waals surface area contributed by atoms with Gasteiger partial charge in [-0.3, -0.25) is 4.57 Å². The SMILES string of the molecule is c1ccc(-c2nc(-n3c4ccccc4c4c3ccc3c5ccccc5n(-c5ccccc5)c34)oc2-c2ccccc2)cc1. The lowest BCUT2D eigenvalue weighted by Crippen LogP contribution is -1.95. The normalized spacial score (nSPS) is 11.7. The van der Waals surface area contributed by atoms with Gasteiger partial charge in [-0.05, 0) is 30.3 Å². The van der Waals surface area contributed by atoms with Crippen LogP contribution in [0.15, 0.2) is 156 Å². The average molecular weight is 552 g/mol. The lowest BCUT2D eigenvalue weighted by Gasteiger charge is -2.09. The third-order valence-electron chi connectivity index (χ3n) is 8.37. The number of hydrogen-bond acceptors (Lipinski definition) is 2. The van der Waals surface area contributed by atoms with Crippen molar-refractivity contribution in [3.8, 4) is 34.3 Å². The minimum atomic E-state index is 0.547.